The van der Waals surface area contributed by atoms with Crippen LogP contribution >= 0.6 is 0 Å². The second-order valence-corrected chi connectivity index (χ2v) is 7.95. The first kappa shape index (κ1) is 26.9. The van der Waals surface area contributed by atoms with Crippen molar-refractivity contribution >= 4 is 23.7 Å². The molecule has 2 aromatic rings. The van der Waals surface area contributed by atoms with Gasteiger partial charge in [-0.15, -0.1) is 0 Å². The lowest BCUT2D eigenvalue weighted by molar-refractivity contribution is -0.130. The van der Waals surface area contributed by atoms with Gasteiger partial charge in [-0.05, 0) is 48.2 Å². The first-order valence-electron chi connectivity index (χ1n) is 11.9. The Morgan fingerprint density at radius 1 is 0.971 bits per heavy atom. The first-order chi connectivity index (χ1) is 16.5. The minimum atomic E-state index is -0.441. The lowest BCUT2D eigenvalue weighted by Gasteiger charge is -2.19. The van der Waals surface area contributed by atoms with Gasteiger partial charge in [0.2, 0.25) is 0 Å². The Bertz CT molecular complexity index is 941. The zero-order valence-electron chi connectivity index (χ0n) is 20.7. The highest BCUT2D eigenvalue weighted by Crippen LogP contribution is 2.25. The highest BCUT2D eigenvalue weighted by molar-refractivity contribution is 5.95. The van der Waals surface area contributed by atoms with E-state index in [-0.39, 0.29) is 11.8 Å². The number of benzene rings is 2. The molecule has 184 valence electrons. The molecule has 0 heterocycles. The molecular formula is C27H37N3O4. The molecule has 34 heavy (non-hydrogen) atoms. The molecule has 0 radical (unpaired) electrons. The van der Waals surface area contributed by atoms with Gasteiger partial charge in [-0.1, -0.05) is 69.0 Å². The number of unbranched alkanes of at least 4 members (excludes halogenated alkanes) is 4. The third-order valence-electron chi connectivity index (χ3n) is 5.35. The fourth-order valence-electron chi connectivity index (χ4n) is 3.45. The summed E-state index contributed by atoms with van der Waals surface area (Å²) in [7, 11) is 3.15. The minimum Gasteiger partial charge on any atom is -0.488 e. The number of hydroxylamine groups is 1. The van der Waals surface area contributed by atoms with Gasteiger partial charge in [0.05, 0.1) is 13.7 Å². The van der Waals surface area contributed by atoms with Crippen LogP contribution in [0.2, 0.25) is 0 Å². The van der Waals surface area contributed by atoms with Gasteiger partial charge in [0.25, 0.3) is 0 Å². The molecule has 0 unspecified atom stereocenters. The number of nitrogens with one attached hydrogen (secondary N) is 2. The SMILES string of the molecule is CCCCCCCNC(=O)N(C)c1cccc(-c2ccc(/C=C(/OCC)C(=O)NOC)cc2)c1. The Morgan fingerprint density at radius 3 is 2.38 bits per heavy atom. The molecule has 0 saturated heterocycles. The predicted octanol–water partition coefficient (Wildman–Crippen LogP) is 5.52. The molecular weight excluding hydrogens is 430 g/mol. The van der Waals surface area contributed by atoms with Crippen LogP contribution in [0.1, 0.15) is 51.5 Å². The average molecular weight is 468 g/mol. The van der Waals surface area contributed by atoms with E-state index >= 15 is 0 Å². The van der Waals surface area contributed by atoms with Crippen LogP contribution in [0.15, 0.2) is 54.3 Å². The van der Waals surface area contributed by atoms with Gasteiger partial charge >= 0.3 is 11.9 Å². The number of nitrogens with zero attached hydrogens (tertiary/aromatic N) is 1. The fraction of sp³-hybridized carbons (Fsp3) is 0.407. The summed E-state index contributed by atoms with van der Waals surface area (Å²) < 4.78 is 5.42. The topological polar surface area (TPSA) is 79.9 Å². The van der Waals surface area contributed by atoms with E-state index in [2.05, 4.69) is 22.6 Å². The Kier molecular flexibility index (Phi) is 11.7. The van der Waals surface area contributed by atoms with Gasteiger partial charge in [0.1, 0.15) is 0 Å². The number of amides is 3. The van der Waals surface area contributed by atoms with E-state index in [4.69, 9.17) is 4.74 Å². The number of anilines is 1. The molecule has 0 aliphatic heterocycles. The molecule has 2 rings (SSSR count). The maximum absolute atomic E-state index is 12.5. The average Bonchev–Trinajstić information content (AvgIpc) is 2.86. The van der Waals surface area contributed by atoms with Crippen molar-refractivity contribution in [2.45, 2.75) is 46.0 Å². The maximum Gasteiger partial charge on any atom is 0.321 e. The Hall–Kier alpha value is -3.32. The van der Waals surface area contributed by atoms with Gasteiger partial charge in [-0.25, -0.2) is 10.3 Å². The Morgan fingerprint density at radius 2 is 1.71 bits per heavy atom. The molecule has 0 spiro atoms. The second kappa shape index (κ2) is 14.8. The molecule has 0 bridgehead atoms. The van der Waals surface area contributed by atoms with Crippen LogP contribution in [-0.2, 0) is 14.4 Å². The first-order valence-corrected chi connectivity index (χ1v) is 11.9. The summed E-state index contributed by atoms with van der Waals surface area (Å²) >= 11 is 0. The van der Waals surface area contributed by atoms with Crippen molar-refractivity contribution in [3.8, 4) is 11.1 Å². The van der Waals surface area contributed by atoms with E-state index in [0.717, 1.165) is 35.2 Å². The van der Waals surface area contributed by atoms with Crippen molar-refractivity contribution in [3.05, 3.63) is 59.9 Å². The summed E-state index contributed by atoms with van der Waals surface area (Å²) in [5, 5.41) is 3.00. The highest BCUT2D eigenvalue weighted by Gasteiger charge is 2.12. The Balaban J connectivity index is 2.05. The number of carbonyl (C=O) groups is 2. The standard InChI is InChI=1S/C27H37N3O4/c1-5-7-8-9-10-18-28-27(32)30(3)24-13-11-12-23(20-24)22-16-14-21(15-17-22)19-25(34-6-2)26(31)29-33-4/h11-17,19-20H,5-10,18H2,1-4H3,(H,28,32)(H,29,31)/b25-19+. The Labute approximate surface area is 203 Å². The summed E-state index contributed by atoms with van der Waals surface area (Å²) in [6, 6.07) is 15.5. The molecule has 0 aromatic heterocycles. The van der Waals surface area contributed by atoms with Crippen LogP contribution in [0.3, 0.4) is 0 Å². The lowest BCUT2D eigenvalue weighted by atomic mass is 10.0. The summed E-state index contributed by atoms with van der Waals surface area (Å²) in [5.41, 5.74) is 5.91. The molecule has 0 aliphatic carbocycles. The lowest BCUT2D eigenvalue weighted by Crippen LogP contribution is -2.37. The summed E-state index contributed by atoms with van der Waals surface area (Å²) in [5.74, 6) is -0.263. The second-order valence-electron chi connectivity index (χ2n) is 7.95. The number of urea groups is 1. The zero-order chi connectivity index (χ0) is 24.8. The van der Waals surface area contributed by atoms with Crippen molar-refractivity contribution in [3.63, 3.8) is 0 Å². The zero-order valence-corrected chi connectivity index (χ0v) is 20.7. The van der Waals surface area contributed by atoms with Crippen LogP contribution in [0.4, 0.5) is 10.5 Å². The van der Waals surface area contributed by atoms with Crippen molar-refractivity contribution < 1.29 is 19.2 Å². The van der Waals surface area contributed by atoms with Crippen molar-refractivity contribution in [2.75, 3.05) is 32.2 Å². The van der Waals surface area contributed by atoms with Crippen LogP contribution in [0.25, 0.3) is 17.2 Å². The van der Waals surface area contributed by atoms with E-state index < -0.39 is 5.91 Å². The van der Waals surface area contributed by atoms with Gasteiger partial charge < -0.3 is 10.1 Å². The van der Waals surface area contributed by atoms with E-state index in [9.17, 15) is 9.59 Å². The van der Waals surface area contributed by atoms with Crippen molar-refractivity contribution in [2.24, 2.45) is 0 Å². The third-order valence-corrected chi connectivity index (χ3v) is 5.35. The number of carbonyl (C=O) groups excluding carboxylic acids is 2. The number of rotatable bonds is 13. The van der Waals surface area contributed by atoms with Gasteiger partial charge in [-0.2, -0.15) is 0 Å². The maximum atomic E-state index is 12.5. The normalized spacial score (nSPS) is 11.1. The van der Waals surface area contributed by atoms with Crippen LogP contribution in [0.5, 0.6) is 0 Å². The number of hydrogen-bond acceptors (Lipinski definition) is 4. The van der Waals surface area contributed by atoms with E-state index in [0.29, 0.717) is 13.2 Å². The third kappa shape index (κ3) is 8.56. The van der Waals surface area contributed by atoms with Crippen LogP contribution in [0, 0.1) is 0 Å². The molecule has 7 nitrogen and oxygen atoms in total. The smallest absolute Gasteiger partial charge is 0.321 e. The van der Waals surface area contributed by atoms with E-state index in [1.165, 1.54) is 26.4 Å². The quantitative estimate of drug-likeness (QED) is 0.176. The van der Waals surface area contributed by atoms with Crippen molar-refractivity contribution in [1.82, 2.24) is 10.8 Å². The summed E-state index contributed by atoms with van der Waals surface area (Å²) in [4.78, 5) is 30.9. The number of ether oxygens (including phenoxy) is 1. The predicted molar refractivity (Wildman–Crippen MR) is 137 cm³/mol. The largest absolute Gasteiger partial charge is 0.488 e. The fourth-order valence-corrected chi connectivity index (χ4v) is 3.45. The molecule has 2 aromatic carbocycles. The van der Waals surface area contributed by atoms with Gasteiger partial charge in [0, 0.05) is 19.3 Å². The molecule has 7 heteroatoms. The minimum absolute atomic E-state index is 0.106. The van der Waals surface area contributed by atoms with E-state index in [1.807, 2.05) is 55.5 Å². The van der Waals surface area contributed by atoms with Crippen LogP contribution in [-0.4, -0.2) is 39.2 Å². The monoisotopic (exact) mass is 467 g/mol. The molecule has 3 amide bonds. The van der Waals surface area contributed by atoms with Crippen molar-refractivity contribution in [1.29, 1.82) is 0 Å². The summed E-state index contributed by atoms with van der Waals surface area (Å²) in [6.07, 6.45) is 7.48. The number of hydrogen-bond donors (Lipinski definition) is 2. The molecule has 0 aliphatic rings. The summed E-state index contributed by atoms with van der Waals surface area (Å²) in [6.45, 7) is 5.06. The van der Waals surface area contributed by atoms with Gasteiger partial charge in [-0.3, -0.25) is 14.5 Å². The molecule has 0 fully saturated rings. The molecule has 0 saturated carbocycles. The molecule has 2 N–H and O–H groups in total. The molecule has 0 atom stereocenters. The van der Waals surface area contributed by atoms with E-state index in [1.54, 1.807) is 18.0 Å². The van der Waals surface area contributed by atoms with Gasteiger partial charge in [0.15, 0.2) is 5.76 Å². The highest BCUT2D eigenvalue weighted by atomic mass is 16.6. The van der Waals surface area contributed by atoms with Crippen LogP contribution < -0.4 is 15.7 Å².